The van der Waals surface area contributed by atoms with Crippen molar-refractivity contribution < 1.29 is 23.5 Å². The third-order valence-corrected chi connectivity index (χ3v) is 5.22. The van der Waals surface area contributed by atoms with E-state index in [4.69, 9.17) is 15.2 Å². The van der Waals surface area contributed by atoms with Crippen molar-refractivity contribution in [1.29, 1.82) is 0 Å². The normalized spacial score (nSPS) is 19.1. The summed E-state index contributed by atoms with van der Waals surface area (Å²) in [5.74, 6) is -0.510. The van der Waals surface area contributed by atoms with Crippen LogP contribution in [0.2, 0.25) is 0 Å². The van der Waals surface area contributed by atoms with E-state index in [1.807, 2.05) is 30.3 Å². The number of cyclic esters (lactones) is 1. The van der Waals surface area contributed by atoms with Crippen LogP contribution in [0.3, 0.4) is 0 Å². The molecular formula is C21H22FN3O4. The van der Waals surface area contributed by atoms with E-state index < -0.39 is 18.0 Å². The van der Waals surface area contributed by atoms with E-state index in [2.05, 4.69) is 0 Å². The van der Waals surface area contributed by atoms with Crippen LogP contribution in [0.25, 0.3) is 0 Å². The van der Waals surface area contributed by atoms with E-state index >= 15 is 0 Å². The number of carbonyl (C=O) groups is 2. The molecule has 0 spiro atoms. The highest BCUT2D eigenvalue weighted by Gasteiger charge is 2.36. The van der Waals surface area contributed by atoms with Crippen LogP contribution in [-0.4, -0.2) is 49.4 Å². The minimum Gasteiger partial charge on any atom is -0.445 e. The number of rotatable bonds is 5. The number of hydrogen-bond acceptors (Lipinski definition) is 5. The molecule has 2 saturated heterocycles. The summed E-state index contributed by atoms with van der Waals surface area (Å²) in [5, 5.41) is 0. The summed E-state index contributed by atoms with van der Waals surface area (Å²) in [7, 11) is 0. The van der Waals surface area contributed by atoms with Gasteiger partial charge >= 0.3 is 12.2 Å². The van der Waals surface area contributed by atoms with Crippen molar-refractivity contribution in [1.82, 2.24) is 4.90 Å². The van der Waals surface area contributed by atoms with E-state index in [-0.39, 0.29) is 25.2 Å². The Labute approximate surface area is 167 Å². The van der Waals surface area contributed by atoms with Gasteiger partial charge in [0.05, 0.1) is 12.2 Å². The van der Waals surface area contributed by atoms with E-state index in [1.165, 1.54) is 11.0 Å². The molecule has 2 fully saturated rings. The zero-order chi connectivity index (χ0) is 20.4. The quantitative estimate of drug-likeness (QED) is 0.836. The Bertz CT molecular complexity index is 902. The van der Waals surface area contributed by atoms with Crippen LogP contribution in [-0.2, 0) is 16.1 Å². The predicted molar refractivity (Wildman–Crippen MR) is 104 cm³/mol. The fraction of sp³-hybridized carbons (Fsp3) is 0.333. The van der Waals surface area contributed by atoms with Gasteiger partial charge in [-0.3, -0.25) is 4.90 Å². The van der Waals surface area contributed by atoms with Crippen LogP contribution >= 0.6 is 0 Å². The van der Waals surface area contributed by atoms with Gasteiger partial charge in [-0.25, -0.2) is 14.0 Å². The van der Waals surface area contributed by atoms with E-state index in [0.29, 0.717) is 30.9 Å². The number of carbonyl (C=O) groups excluding carboxylic acids is 2. The summed E-state index contributed by atoms with van der Waals surface area (Å²) in [5.41, 5.74) is 7.39. The van der Waals surface area contributed by atoms with Crippen molar-refractivity contribution in [2.24, 2.45) is 5.73 Å². The zero-order valence-electron chi connectivity index (χ0n) is 15.8. The average molecular weight is 399 g/mol. The Hall–Kier alpha value is -3.13. The van der Waals surface area contributed by atoms with Crippen LogP contribution in [0.5, 0.6) is 0 Å². The Morgan fingerprint density at radius 2 is 1.93 bits per heavy atom. The third-order valence-electron chi connectivity index (χ3n) is 5.22. The molecule has 0 bridgehead atoms. The number of halogens is 1. The second-order valence-corrected chi connectivity index (χ2v) is 7.20. The maximum atomic E-state index is 14.6. The fourth-order valence-electron chi connectivity index (χ4n) is 3.51. The summed E-state index contributed by atoms with van der Waals surface area (Å²) in [6, 6.07) is 14.1. The lowest BCUT2D eigenvalue weighted by atomic mass is 9.91. The van der Waals surface area contributed by atoms with Gasteiger partial charge in [0, 0.05) is 25.6 Å². The molecule has 29 heavy (non-hydrogen) atoms. The first kappa shape index (κ1) is 19.2. The molecule has 0 aromatic heterocycles. The van der Waals surface area contributed by atoms with Crippen LogP contribution in [0, 0.1) is 5.82 Å². The Kier molecular flexibility index (Phi) is 5.35. The molecule has 2 N–H and O–H groups in total. The Morgan fingerprint density at radius 3 is 2.59 bits per heavy atom. The molecule has 1 atom stereocenters. The van der Waals surface area contributed by atoms with Gasteiger partial charge < -0.3 is 20.1 Å². The van der Waals surface area contributed by atoms with Crippen molar-refractivity contribution in [3.8, 4) is 0 Å². The number of anilines is 1. The molecule has 0 radical (unpaired) electrons. The number of benzene rings is 2. The van der Waals surface area contributed by atoms with Gasteiger partial charge in [0.25, 0.3) is 0 Å². The third kappa shape index (κ3) is 4.02. The van der Waals surface area contributed by atoms with Crippen molar-refractivity contribution in [3.05, 3.63) is 65.5 Å². The standard InChI is InChI=1S/C21H22FN3O4/c22-19-8-16(25-12-17(9-23)29-21(25)27)6-7-18(19)15-10-24(11-15)20(26)28-13-14-4-2-1-3-5-14/h1-8,15,17H,9-13,23H2. The Balaban J connectivity index is 1.32. The number of hydrogen-bond donors (Lipinski definition) is 1. The van der Waals surface area contributed by atoms with E-state index in [1.54, 1.807) is 17.0 Å². The maximum absolute atomic E-state index is 14.6. The van der Waals surface area contributed by atoms with Gasteiger partial charge in [0.15, 0.2) is 0 Å². The molecule has 152 valence electrons. The van der Waals surface area contributed by atoms with Gasteiger partial charge in [0.2, 0.25) is 0 Å². The molecule has 7 nitrogen and oxygen atoms in total. The minimum absolute atomic E-state index is 0.101. The van der Waals surface area contributed by atoms with Gasteiger partial charge in [-0.1, -0.05) is 36.4 Å². The second kappa shape index (κ2) is 8.08. The number of nitrogens with two attached hydrogens (primary N) is 1. The first-order chi connectivity index (χ1) is 14.0. The van der Waals surface area contributed by atoms with E-state index in [0.717, 1.165) is 5.56 Å². The lowest BCUT2D eigenvalue weighted by Gasteiger charge is -2.38. The highest BCUT2D eigenvalue weighted by molar-refractivity contribution is 5.89. The molecule has 4 rings (SSSR count). The molecule has 2 amide bonds. The summed E-state index contributed by atoms with van der Waals surface area (Å²) in [4.78, 5) is 26.9. The average Bonchev–Trinajstić information content (AvgIpc) is 3.08. The minimum atomic E-state index is -0.524. The van der Waals surface area contributed by atoms with Crippen LogP contribution in [0.4, 0.5) is 19.7 Å². The number of ether oxygens (including phenoxy) is 2. The SMILES string of the molecule is NCC1CN(c2ccc(C3CN(C(=O)OCc4ccccc4)C3)c(F)c2)C(=O)O1. The molecule has 2 aromatic carbocycles. The number of nitrogens with zero attached hydrogens (tertiary/aromatic N) is 2. The van der Waals surface area contributed by atoms with Crippen LogP contribution in [0.15, 0.2) is 48.5 Å². The molecule has 2 aromatic rings. The smallest absolute Gasteiger partial charge is 0.414 e. The zero-order valence-corrected chi connectivity index (χ0v) is 15.8. The highest BCUT2D eigenvalue weighted by Crippen LogP contribution is 2.32. The van der Waals surface area contributed by atoms with Crippen molar-refractivity contribution >= 4 is 17.9 Å². The van der Waals surface area contributed by atoms with Crippen molar-refractivity contribution in [2.45, 2.75) is 18.6 Å². The lowest BCUT2D eigenvalue weighted by molar-refractivity contribution is 0.0658. The van der Waals surface area contributed by atoms with Gasteiger partial charge in [-0.2, -0.15) is 0 Å². The number of amides is 2. The molecular weight excluding hydrogens is 377 g/mol. The lowest BCUT2D eigenvalue weighted by Crippen LogP contribution is -2.48. The molecule has 0 aliphatic carbocycles. The van der Waals surface area contributed by atoms with E-state index in [9.17, 15) is 14.0 Å². The van der Waals surface area contributed by atoms with Crippen LogP contribution < -0.4 is 10.6 Å². The summed E-state index contributed by atoms with van der Waals surface area (Å²) >= 11 is 0. The Morgan fingerprint density at radius 1 is 1.17 bits per heavy atom. The summed E-state index contributed by atoms with van der Waals surface area (Å²) in [6.07, 6.45) is -1.31. The number of likely N-dealkylation sites (tertiary alicyclic amines) is 1. The van der Waals surface area contributed by atoms with Crippen molar-refractivity contribution in [3.63, 3.8) is 0 Å². The first-order valence-electron chi connectivity index (χ1n) is 9.48. The topological polar surface area (TPSA) is 85.1 Å². The molecule has 0 saturated carbocycles. The van der Waals surface area contributed by atoms with Gasteiger partial charge in [-0.15, -0.1) is 0 Å². The fourth-order valence-corrected chi connectivity index (χ4v) is 3.51. The summed E-state index contributed by atoms with van der Waals surface area (Å²) < 4.78 is 25.0. The maximum Gasteiger partial charge on any atom is 0.414 e. The molecule has 2 heterocycles. The van der Waals surface area contributed by atoms with Crippen molar-refractivity contribution in [2.75, 3.05) is 31.1 Å². The summed E-state index contributed by atoms with van der Waals surface area (Å²) in [6.45, 7) is 1.52. The highest BCUT2D eigenvalue weighted by atomic mass is 19.1. The molecule has 2 aliphatic rings. The first-order valence-corrected chi connectivity index (χ1v) is 9.48. The largest absolute Gasteiger partial charge is 0.445 e. The van der Waals surface area contributed by atoms with Crippen LogP contribution in [0.1, 0.15) is 17.0 Å². The molecule has 2 aliphatic heterocycles. The predicted octanol–water partition coefficient (Wildman–Crippen LogP) is 2.85. The van der Waals surface area contributed by atoms with Gasteiger partial charge in [0.1, 0.15) is 18.5 Å². The molecule has 8 heteroatoms. The molecule has 1 unspecified atom stereocenters. The monoisotopic (exact) mass is 399 g/mol. The van der Waals surface area contributed by atoms with Gasteiger partial charge in [-0.05, 0) is 23.3 Å². The second-order valence-electron chi connectivity index (χ2n) is 7.20.